The molecule has 0 aliphatic rings. The number of phenolic OH excluding ortho intramolecular Hbond substituents is 1. The van der Waals surface area contributed by atoms with E-state index in [1.165, 1.54) is 0 Å². The smallest absolute Gasteiger partial charge is 0.121 e. The maximum Gasteiger partial charge on any atom is 0.121 e. The van der Waals surface area contributed by atoms with E-state index in [9.17, 15) is 5.11 Å². The number of nitrogens with one attached hydrogen (secondary N) is 1. The lowest BCUT2D eigenvalue weighted by Crippen LogP contribution is -2.07. The number of benzene rings is 2. The second-order valence-corrected chi connectivity index (χ2v) is 4.65. The van der Waals surface area contributed by atoms with Crippen LogP contribution in [0.1, 0.15) is 24.1 Å². The number of phenols is 1. The molecule has 106 valence electrons. The van der Waals surface area contributed by atoms with Crippen molar-refractivity contribution >= 4 is 5.69 Å². The highest BCUT2D eigenvalue weighted by Crippen LogP contribution is 2.30. The van der Waals surface area contributed by atoms with Crippen LogP contribution in [-0.4, -0.2) is 17.3 Å². The summed E-state index contributed by atoms with van der Waals surface area (Å²) in [5, 5.41) is 22.4. The molecule has 0 heterocycles. The highest BCUT2D eigenvalue weighted by molar-refractivity contribution is 5.50. The van der Waals surface area contributed by atoms with Crippen LogP contribution in [-0.2, 0) is 6.61 Å². The lowest BCUT2D eigenvalue weighted by molar-refractivity contribution is 0.282. The Labute approximate surface area is 118 Å². The van der Waals surface area contributed by atoms with E-state index < -0.39 is 0 Å². The molecular weight excluding hydrogens is 254 g/mol. The Hall–Kier alpha value is -2.20. The van der Waals surface area contributed by atoms with Crippen LogP contribution >= 0.6 is 0 Å². The summed E-state index contributed by atoms with van der Waals surface area (Å²) in [5.74, 6) is 0.930. The van der Waals surface area contributed by atoms with Gasteiger partial charge in [0.25, 0.3) is 0 Å². The van der Waals surface area contributed by atoms with E-state index in [2.05, 4.69) is 5.32 Å². The van der Waals surface area contributed by atoms with E-state index >= 15 is 0 Å². The molecule has 0 saturated carbocycles. The summed E-state index contributed by atoms with van der Waals surface area (Å²) in [4.78, 5) is 0. The van der Waals surface area contributed by atoms with E-state index in [0.717, 1.165) is 16.8 Å². The van der Waals surface area contributed by atoms with Crippen molar-refractivity contribution < 1.29 is 14.9 Å². The predicted molar refractivity (Wildman–Crippen MR) is 79.1 cm³/mol. The minimum Gasteiger partial charge on any atom is -0.508 e. The Morgan fingerprint density at radius 1 is 1.20 bits per heavy atom. The number of ether oxygens (including phenoxy) is 1. The van der Waals surface area contributed by atoms with Gasteiger partial charge in [-0.2, -0.15) is 0 Å². The predicted octanol–water partition coefficient (Wildman–Crippen LogP) is 3.07. The Balaban J connectivity index is 2.20. The Bertz CT molecular complexity index is 584. The summed E-state index contributed by atoms with van der Waals surface area (Å²) in [7, 11) is 1.60. The van der Waals surface area contributed by atoms with Gasteiger partial charge in [0, 0.05) is 11.3 Å². The number of methoxy groups -OCH3 is 1. The number of rotatable bonds is 5. The van der Waals surface area contributed by atoms with Gasteiger partial charge in [0.05, 0.1) is 19.8 Å². The quantitative estimate of drug-likeness (QED) is 0.783. The van der Waals surface area contributed by atoms with Crippen molar-refractivity contribution in [3.05, 3.63) is 53.6 Å². The van der Waals surface area contributed by atoms with Crippen LogP contribution in [0.3, 0.4) is 0 Å². The molecule has 4 heteroatoms. The van der Waals surface area contributed by atoms with Crippen molar-refractivity contribution in [3.63, 3.8) is 0 Å². The molecule has 0 aliphatic heterocycles. The van der Waals surface area contributed by atoms with Crippen molar-refractivity contribution in [1.82, 2.24) is 0 Å². The van der Waals surface area contributed by atoms with Crippen LogP contribution in [0.4, 0.5) is 5.69 Å². The molecular formula is C16H19NO3. The fourth-order valence-corrected chi connectivity index (χ4v) is 2.09. The minimum atomic E-state index is -0.0842. The molecule has 0 bridgehead atoms. The van der Waals surface area contributed by atoms with Crippen molar-refractivity contribution in [2.45, 2.75) is 19.6 Å². The number of anilines is 1. The molecule has 0 radical (unpaired) electrons. The van der Waals surface area contributed by atoms with Crippen molar-refractivity contribution in [2.24, 2.45) is 0 Å². The zero-order chi connectivity index (χ0) is 14.5. The van der Waals surface area contributed by atoms with Gasteiger partial charge in [-0.15, -0.1) is 0 Å². The zero-order valence-corrected chi connectivity index (χ0v) is 11.6. The fraction of sp³-hybridized carbons (Fsp3) is 0.250. The van der Waals surface area contributed by atoms with E-state index in [-0.39, 0.29) is 18.4 Å². The van der Waals surface area contributed by atoms with Gasteiger partial charge in [-0.25, -0.2) is 0 Å². The topological polar surface area (TPSA) is 61.7 Å². The maximum atomic E-state index is 9.94. The van der Waals surface area contributed by atoms with Crippen LogP contribution in [0, 0.1) is 0 Å². The SMILES string of the molecule is COc1ccc(O)c(C(C)Nc2cccc(CO)c2)c1. The first-order chi connectivity index (χ1) is 9.63. The van der Waals surface area contributed by atoms with Gasteiger partial charge < -0.3 is 20.3 Å². The van der Waals surface area contributed by atoms with E-state index in [4.69, 9.17) is 9.84 Å². The molecule has 2 aromatic rings. The molecule has 0 aromatic heterocycles. The van der Waals surface area contributed by atoms with Gasteiger partial charge in [-0.05, 0) is 42.8 Å². The summed E-state index contributed by atoms with van der Waals surface area (Å²) in [6.07, 6.45) is 0. The average molecular weight is 273 g/mol. The van der Waals surface area contributed by atoms with Crippen LogP contribution < -0.4 is 10.1 Å². The van der Waals surface area contributed by atoms with Gasteiger partial charge >= 0.3 is 0 Å². The molecule has 2 rings (SSSR count). The first kappa shape index (κ1) is 14.2. The van der Waals surface area contributed by atoms with Crippen LogP contribution in [0.25, 0.3) is 0 Å². The van der Waals surface area contributed by atoms with Crippen LogP contribution in [0.15, 0.2) is 42.5 Å². The standard InChI is InChI=1S/C16H19NO3/c1-11(15-9-14(20-2)6-7-16(15)19)17-13-5-3-4-12(8-13)10-18/h3-9,11,17-19H,10H2,1-2H3. The Morgan fingerprint density at radius 2 is 2.00 bits per heavy atom. The Kier molecular flexibility index (Phi) is 4.48. The highest BCUT2D eigenvalue weighted by atomic mass is 16.5. The molecule has 1 unspecified atom stereocenters. The molecule has 0 spiro atoms. The van der Waals surface area contributed by atoms with Gasteiger partial charge in [0.15, 0.2) is 0 Å². The van der Waals surface area contributed by atoms with Crippen molar-refractivity contribution in [3.8, 4) is 11.5 Å². The van der Waals surface area contributed by atoms with Crippen molar-refractivity contribution in [1.29, 1.82) is 0 Å². The van der Waals surface area contributed by atoms with E-state index in [0.29, 0.717) is 5.75 Å². The summed E-state index contributed by atoms with van der Waals surface area (Å²) < 4.78 is 5.17. The van der Waals surface area contributed by atoms with Crippen LogP contribution in [0.2, 0.25) is 0 Å². The molecule has 2 aromatic carbocycles. The molecule has 0 aliphatic carbocycles. The van der Waals surface area contributed by atoms with Gasteiger partial charge in [0.2, 0.25) is 0 Å². The summed E-state index contributed by atoms with van der Waals surface area (Å²) in [6.45, 7) is 1.97. The second-order valence-electron chi connectivity index (χ2n) is 4.65. The molecule has 0 amide bonds. The molecule has 1 atom stereocenters. The number of hydrogen-bond acceptors (Lipinski definition) is 4. The van der Waals surface area contributed by atoms with Crippen LogP contribution in [0.5, 0.6) is 11.5 Å². The molecule has 0 fully saturated rings. The normalized spacial score (nSPS) is 11.9. The van der Waals surface area contributed by atoms with E-state index in [1.807, 2.05) is 37.3 Å². The summed E-state index contributed by atoms with van der Waals surface area (Å²) >= 11 is 0. The lowest BCUT2D eigenvalue weighted by Gasteiger charge is -2.18. The first-order valence-corrected chi connectivity index (χ1v) is 6.47. The lowest BCUT2D eigenvalue weighted by atomic mass is 10.1. The maximum absolute atomic E-state index is 9.94. The van der Waals surface area contributed by atoms with Gasteiger partial charge in [-0.1, -0.05) is 12.1 Å². The second kappa shape index (κ2) is 6.30. The third-order valence-corrected chi connectivity index (χ3v) is 3.19. The summed E-state index contributed by atoms with van der Waals surface area (Å²) in [6, 6.07) is 12.6. The molecule has 0 saturated heterocycles. The van der Waals surface area contributed by atoms with Crippen molar-refractivity contribution in [2.75, 3.05) is 12.4 Å². The minimum absolute atomic E-state index is 0.00824. The third-order valence-electron chi connectivity index (χ3n) is 3.19. The highest BCUT2D eigenvalue weighted by Gasteiger charge is 2.11. The summed E-state index contributed by atoms with van der Waals surface area (Å²) in [5.41, 5.74) is 2.50. The Morgan fingerprint density at radius 3 is 2.70 bits per heavy atom. The molecule has 3 N–H and O–H groups in total. The third kappa shape index (κ3) is 3.22. The first-order valence-electron chi connectivity index (χ1n) is 6.47. The number of aliphatic hydroxyl groups excluding tert-OH is 1. The fourth-order valence-electron chi connectivity index (χ4n) is 2.09. The monoisotopic (exact) mass is 273 g/mol. The number of aliphatic hydroxyl groups is 1. The molecule has 4 nitrogen and oxygen atoms in total. The molecule has 20 heavy (non-hydrogen) atoms. The number of hydrogen-bond donors (Lipinski definition) is 3. The largest absolute Gasteiger partial charge is 0.508 e. The van der Waals surface area contributed by atoms with Gasteiger partial charge in [-0.3, -0.25) is 0 Å². The average Bonchev–Trinajstić information content (AvgIpc) is 2.47. The number of aromatic hydroxyl groups is 1. The van der Waals surface area contributed by atoms with E-state index in [1.54, 1.807) is 19.2 Å². The zero-order valence-electron chi connectivity index (χ0n) is 11.6. The van der Waals surface area contributed by atoms with Gasteiger partial charge in [0.1, 0.15) is 11.5 Å².